The SMILES string of the molecule is COc1ccccc1-c1cc2cc[nH]c2cc1NC(=O)c1c[nH]c2ccccc2c1=O. The van der Waals surface area contributed by atoms with E-state index in [1.807, 2.05) is 54.7 Å². The zero-order valence-electron chi connectivity index (χ0n) is 16.7. The van der Waals surface area contributed by atoms with Gasteiger partial charge in [-0.25, -0.2) is 0 Å². The molecule has 0 atom stereocenters. The predicted octanol–water partition coefficient (Wildman–Crippen LogP) is 4.94. The molecule has 0 bridgehead atoms. The maximum Gasteiger partial charge on any atom is 0.261 e. The molecule has 5 rings (SSSR count). The number of carbonyl (C=O) groups excluding carboxylic acids is 1. The highest BCUT2D eigenvalue weighted by atomic mass is 16.5. The third-order valence-electron chi connectivity index (χ3n) is 5.37. The van der Waals surface area contributed by atoms with Gasteiger partial charge in [0, 0.05) is 45.3 Å². The highest BCUT2D eigenvalue weighted by molar-refractivity contribution is 6.09. The van der Waals surface area contributed by atoms with Crippen LogP contribution in [0.1, 0.15) is 10.4 Å². The minimum absolute atomic E-state index is 0.0521. The van der Waals surface area contributed by atoms with Crippen molar-refractivity contribution in [1.29, 1.82) is 0 Å². The number of methoxy groups -OCH3 is 1. The van der Waals surface area contributed by atoms with Crippen molar-refractivity contribution in [3.63, 3.8) is 0 Å². The molecular weight excluding hydrogens is 390 g/mol. The lowest BCUT2D eigenvalue weighted by molar-refractivity contribution is 0.102. The average Bonchev–Trinajstić information content (AvgIpc) is 3.26. The quantitative estimate of drug-likeness (QED) is 0.393. The standard InChI is InChI=1S/C25H19N3O3/c1-31-23-9-5-3-6-16(23)18-12-15-10-11-26-21(15)13-22(18)28-25(30)19-14-27-20-8-4-2-7-17(20)24(19)29/h2-14,26H,1H3,(H,27,29)(H,28,30). The topological polar surface area (TPSA) is 87.0 Å². The number of aromatic amines is 2. The summed E-state index contributed by atoms with van der Waals surface area (Å²) in [6, 6.07) is 20.6. The molecule has 152 valence electrons. The molecule has 31 heavy (non-hydrogen) atoms. The highest BCUT2D eigenvalue weighted by Gasteiger charge is 2.17. The Labute approximate surface area is 177 Å². The Kier molecular flexibility index (Phi) is 4.52. The van der Waals surface area contributed by atoms with Crippen molar-refractivity contribution in [3.05, 3.63) is 94.9 Å². The van der Waals surface area contributed by atoms with Crippen molar-refractivity contribution in [2.75, 3.05) is 12.4 Å². The van der Waals surface area contributed by atoms with Gasteiger partial charge in [-0.1, -0.05) is 30.3 Å². The van der Waals surface area contributed by atoms with Crippen LogP contribution in [0, 0.1) is 0 Å². The summed E-state index contributed by atoms with van der Waals surface area (Å²) >= 11 is 0. The van der Waals surface area contributed by atoms with Crippen LogP contribution in [0.5, 0.6) is 5.75 Å². The van der Waals surface area contributed by atoms with E-state index in [0.717, 1.165) is 22.0 Å². The molecule has 0 aliphatic heterocycles. The molecule has 0 aliphatic carbocycles. The number of H-pyrrole nitrogens is 2. The van der Waals surface area contributed by atoms with Crippen LogP contribution < -0.4 is 15.5 Å². The Hall–Kier alpha value is -4.32. The number of para-hydroxylation sites is 2. The summed E-state index contributed by atoms with van der Waals surface area (Å²) in [7, 11) is 1.61. The third-order valence-corrected chi connectivity index (χ3v) is 5.37. The first-order valence-electron chi connectivity index (χ1n) is 9.82. The Balaban J connectivity index is 1.63. The molecule has 0 aliphatic rings. The number of benzene rings is 3. The first-order valence-corrected chi connectivity index (χ1v) is 9.82. The van der Waals surface area contributed by atoms with Gasteiger partial charge >= 0.3 is 0 Å². The first-order chi connectivity index (χ1) is 15.2. The van der Waals surface area contributed by atoms with Crippen molar-refractivity contribution in [3.8, 4) is 16.9 Å². The summed E-state index contributed by atoms with van der Waals surface area (Å²) in [5.41, 5.74) is 3.53. The third kappa shape index (κ3) is 3.24. The summed E-state index contributed by atoms with van der Waals surface area (Å²) in [6.07, 6.45) is 3.30. The molecule has 6 nitrogen and oxygen atoms in total. The molecule has 3 aromatic carbocycles. The summed E-state index contributed by atoms with van der Waals surface area (Å²) in [5.74, 6) is 0.213. The van der Waals surface area contributed by atoms with Crippen LogP contribution in [0.2, 0.25) is 0 Å². The Bertz CT molecular complexity index is 1500. The summed E-state index contributed by atoms with van der Waals surface area (Å²) in [5, 5.41) is 4.40. The number of aromatic nitrogens is 2. The minimum atomic E-state index is -0.478. The van der Waals surface area contributed by atoms with E-state index in [4.69, 9.17) is 4.74 Å². The van der Waals surface area contributed by atoms with E-state index in [2.05, 4.69) is 15.3 Å². The van der Waals surface area contributed by atoms with Crippen LogP contribution in [-0.2, 0) is 0 Å². The molecule has 0 saturated heterocycles. The lowest BCUT2D eigenvalue weighted by atomic mass is 10.00. The zero-order chi connectivity index (χ0) is 21.4. The van der Waals surface area contributed by atoms with E-state index in [1.165, 1.54) is 6.20 Å². The first kappa shape index (κ1) is 18.7. The van der Waals surface area contributed by atoms with Crippen molar-refractivity contribution in [2.24, 2.45) is 0 Å². The highest BCUT2D eigenvalue weighted by Crippen LogP contribution is 2.37. The maximum absolute atomic E-state index is 13.1. The van der Waals surface area contributed by atoms with Crippen LogP contribution in [0.15, 0.2) is 83.9 Å². The predicted molar refractivity (Wildman–Crippen MR) is 123 cm³/mol. The van der Waals surface area contributed by atoms with Crippen LogP contribution in [-0.4, -0.2) is 23.0 Å². The molecule has 0 saturated carbocycles. The molecule has 2 aromatic heterocycles. The second-order valence-corrected chi connectivity index (χ2v) is 7.19. The van der Waals surface area contributed by atoms with Gasteiger partial charge in [0.2, 0.25) is 5.43 Å². The Morgan fingerprint density at radius 3 is 2.58 bits per heavy atom. The van der Waals surface area contributed by atoms with E-state index < -0.39 is 5.91 Å². The number of nitrogens with one attached hydrogen (secondary N) is 3. The second-order valence-electron chi connectivity index (χ2n) is 7.19. The number of ether oxygens (including phenoxy) is 1. The number of rotatable bonds is 4. The molecule has 5 aromatic rings. The molecule has 3 N–H and O–H groups in total. The van der Waals surface area contributed by atoms with Gasteiger partial charge in [0.25, 0.3) is 5.91 Å². The molecule has 1 amide bonds. The second kappa shape index (κ2) is 7.50. The van der Waals surface area contributed by atoms with E-state index in [9.17, 15) is 9.59 Å². The lowest BCUT2D eigenvalue weighted by Gasteiger charge is -2.15. The molecule has 2 heterocycles. The monoisotopic (exact) mass is 409 g/mol. The summed E-state index contributed by atoms with van der Waals surface area (Å²) < 4.78 is 5.53. The van der Waals surface area contributed by atoms with E-state index in [-0.39, 0.29) is 11.0 Å². The molecule has 6 heteroatoms. The molecule has 0 unspecified atom stereocenters. The number of amides is 1. The largest absolute Gasteiger partial charge is 0.496 e. The van der Waals surface area contributed by atoms with Crippen LogP contribution >= 0.6 is 0 Å². The smallest absolute Gasteiger partial charge is 0.261 e. The Morgan fingerprint density at radius 1 is 0.903 bits per heavy atom. The van der Waals surface area contributed by atoms with Crippen molar-refractivity contribution < 1.29 is 9.53 Å². The van der Waals surface area contributed by atoms with Gasteiger partial charge in [0.15, 0.2) is 0 Å². The van der Waals surface area contributed by atoms with Crippen LogP contribution in [0.4, 0.5) is 5.69 Å². The fraction of sp³-hybridized carbons (Fsp3) is 0.0400. The molecular formula is C25H19N3O3. The van der Waals surface area contributed by atoms with Gasteiger partial charge in [-0.3, -0.25) is 9.59 Å². The number of hydrogen-bond donors (Lipinski definition) is 3. The van der Waals surface area contributed by atoms with E-state index >= 15 is 0 Å². The summed E-state index contributed by atoms with van der Waals surface area (Å²) in [6.45, 7) is 0. The van der Waals surface area contributed by atoms with Gasteiger partial charge < -0.3 is 20.0 Å². The van der Waals surface area contributed by atoms with Crippen molar-refractivity contribution in [1.82, 2.24) is 9.97 Å². The number of carbonyl (C=O) groups is 1. The maximum atomic E-state index is 13.1. The molecule has 0 fully saturated rings. The lowest BCUT2D eigenvalue weighted by Crippen LogP contribution is -2.22. The fourth-order valence-corrected chi connectivity index (χ4v) is 3.82. The normalized spacial score (nSPS) is 11.0. The number of hydrogen-bond acceptors (Lipinski definition) is 3. The van der Waals surface area contributed by atoms with Gasteiger partial charge in [-0.05, 0) is 36.4 Å². The minimum Gasteiger partial charge on any atom is -0.496 e. The molecule has 0 spiro atoms. The van der Waals surface area contributed by atoms with Crippen LogP contribution in [0.3, 0.4) is 0 Å². The number of fused-ring (bicyclic) bond motifs is 2. The Morgan fingerprint density at radius 2 is 1.71 bits per heavy atom. The van der Waals surface area contributed by atoms with Gasteiger partial charge in [-0.2, -0.15) is 0 Å². The molecule has 0 radical (unpaired) electrons. The fourth-order valence-electron chi connectivity index (χ4n) is 3.82. The number of anilines is 1. The van der Waals surface area contributed by atoms with Crippen molar-refractivity contribution in [2.45, 2.75) is 0 Å². The number of pyridine rings is 1. The van der Waals surface area contributed by atoms with Gasteiger partial charge in [-0.15, -0.1) is 0 Å². The zero-order valence-corrected chi connectivity index (χ0v) is 16.7. The average molecular weight is 409 g/mol. The van der Waals surface area contributed by atoms with Crippen LogP contribution in [0.25, 0.3) is 32.9 Å². The van der Waals surface area contributed by atoms with E-state index in [0.29, 0.717) is 22.3 Å². The van der Waals surface area contributed by atoms with Gasteiger partial charge in [0.1, 0.15) is 11.3 Å². The van der Waals surface area contributed by atoms with Gasteiger partial charge in [0.05, 0.1) is 12.8 Å². The van der Waals surface area contributed by atoms with E-state index in [1.54, 1.807) is 25.3 Å². The van der Waals surface area contributed by atoms with Crippen molar-refractivity contribution >= 4 is 33.4 Å². The summed E-state index contributed by atoms with van der Waals surface area (Å²) in [4.78, 5) is 32.2.